The van der Waals surface area contributed by atoms with Gasteiger partial charge in [-0.2, -0.15) is 20.2 Å². The molecule has 1 saturated carbocycles. The molecule has 0 unspecified atom stereocenters. The Morgan fingerprint density at radius 1 is 0.789 bits per heavy atom. The van der Waals surface area contributed by atoms with Crippen LogP contribution < -0.4 is 10.0 Å². The first-order valence-electron chi connectivity index (χ1n) is 11.7. The van der Waals surface area contributed by atoms with Crippen molar-refractivity contribution in [3.63, 3.8) is 0 Å². The van der Waals surface area contributed by atoms with Gasteiger partial charge in [-0.15, -0.1) is 0 Å². The minimum absolute atomic E-state index is 0.135. The summed E-state index contributed by atoms with van der Waals surface area (Å²) in [5.41, 5.74) is -0.633. The predicted octanol–water partition coefficient (Wildman–Crippen LogP) is 5.82. The highest BCUT2D eigenvalue weighted by molar-refractivity contribution is 6.37. The van der Waals surface area contributed by atoms with E-state index in [2.05, 4.69) is 10.2 Å². The molecule has 1 fully saturated rings. The minimum Gasteiger partial charge on any atom is -0.271 e. The van der Waals surface area contributed by atoms with Crippen molar-refractivity contribution in [2.24, 2.45) is 21.0 Å². The summed E-state index contributed by atoms with van der Waals surface area (Å²) in [6.45, 7) is 3.41. The van der Waals surface area contributed by atoms with E-state index in [1.165, 1.54) is 22.2 Å². The number of hydrogen-bond acceptors (Lipinski definition) is 6. The Hall–Kier alpha value is -4.08. The van der Waals surface area contributed by atoms with Crippen LogP contribution in [0.1, 0.15) is 25.3 Å². The van der Waals surface area contributed by atoms with Crippen LogP contribution in [0.2, 0.25) is 10.0 Å². The lowest BCUT2D eigenvalue weighted by Crippen LogP contribution is -2.40. The number of hydrazone groups is 2. The van der Waals surface area contributed by atoms with Crippen LogP contribution in [-0.4, -0.2) is 28.2 Å². The quantitative estimate of drug-likeness (QED) is 0.303. The molecular formula is C27H19Cl2N5O4. The fourth-order valence-corrected chi connectivity index (χ4v) is 6.32. The lowest BCUT2D eigenvalue weighted by Gasteiger charge is -2.19. The number of anilines is 2. The van der Waals surface area contributed by atoms with Gasteiger partial charge in [-0.1, -0.05) is 35.3 Å². The largest absolute Gasteiger partial charge is 0.271 e. The summed E-state index contributed by atoms with van der Waals surface area (Å²) in [4.78, 5) is 39.8. The second-order valence-electron chi connectivity index (χ2n) is 9.46. The number of non-ortho nitro benzene ring substituents is 1. The van der Waals surface area contributed by atoms with Crippen molar-refractivity contribution in [3.05, 3.63) is 98.5 Å². The van der Waals surface area contributed by atoms with Crippen LogP contribution in [0.3, 0.4) is 0 Å². The number of fused-ring (bicyclic) bond motifs is 1. The van der Waals surface area contributed by atoms with Gasteiger partial charge >= 0.3 is 0 Å². The monoisotopic (exact) mass is 547 g/mol. The third-order valence-corrected chi connectivity index (χ3v) is 8.17. The number of rotatable bonds is 4. The molecule has 0 aromatic heterocycles. The summed E-state index contributed by atoms with van der Waals surface area (Å²) >= 11 is 12.1. The number of amides is 2. The van der Waals surface area contributed by atoms with Crippen LogP contribution in [0.25, 0.3) is 0 Å². The zero-order valence-electron chi connectivity index (χ0n) is 20.1. The Bertz CT molecular complexity index is 1510. The number of carbonyl (C=O) groups excluding carboxylic acids is 2. The fraction of sp³-hybridized carbons (Fsp3) is 0.185. The first-order chi connectivity index (χ1) is 18.1. The van der Waals surface area contributed by atoms with Gasteiger partial charge in [-0.25, -0.2) is 0 Å². The molecule has 2 aliphatic heterocycles. The van der Waals surface area contributed by atoms with Crippen molar-refractivity contribution < 1.29 is 14.5 Å². The smallest absolute Gasteiger partial charge is 0.269 e. The van der Waals surface area contributed by atoms with E-state index in [0.717, 1.165) is 0 Å². The van der Waals surface area contributed by atoms with Gasteiger partial charge in [0.05, 0.1) is 27.7 Å². The van der Waals surface area contributed by atoms with Gasteiger partial charge in [-0.3, -0.25) is 19.7 Å². The lowest BCUT2D eigenvalue weighted by molar-refractivity contribution is -0.384. The fourth-order valence-electron chi connectivity index (χ4n) is 6.07. The van der Waals surface area contributed by atoms with Crippen molar-refractivity contribution in [3.8, 4) is 0 Å². The number of halogens is 2. The standard InChI is InChI=1S/C27H19Cl2N5O4/c1-15-26(24(35)32(30-15)20-10-6-18(28)7-11-20)23(17-4-3-5-22(14-17)34(37)38)27(26)16(2)31-33(25(27)36)21-12-8-19(29)9-13-21/h3-14,23H,1-2H3/t26-,27-/m0/s1. The maximum absolute atomic E-state index is 14.3. The topological polar surface area (TPSA) is 108 Å². The number of nitrogens with zero attached hydrogens (tertiary/aromatic N) is 5. The van der Waals surface area contributed by atoms with Gasteiger partial charge in [0.2, 0.25) is 0 Å². The molecule has 3 aromatic rings. The van der Waals surface area contributed by atoms with E-state index in [-0.39, 0.29) is 5.69 Å². The van der Waals surface area contributed by atoms with Gasteiger partial charge in [0.25, 0.3) is 17.5 Å². The molecule has 0 N–H and O–H groups in total. The molecule has 2 amide bonds. The Labute approximate surface area is 227 Å². The van der Waals surface area contributed by atoms with Gasteiger partial charge in [0.15, 0.2) is 0 Å². The SMILES string of the molecule is CC1=NN(c2ccc(Cl)cc2)C(=O)[C@@]12C(c1cccc([N+](=O)[O-])c1)[C@@]21C(=O)N(c2ccc(Cl)cc2)N=C1C. The minimum atomic E-state index is -1.41. The van der Waals surface area contributed by atoms with E-state index in [4.69, 9.17) is 23.2 Å². The number of nitro groups is 1. The Morgan fingerprint density at radius 2 is 1.24 bits per heavy atom. The van der Waals surface area contributed by atoms with Gasteiger partial charge in [-0.05, 0) is 67.9 Å². The molecule has 9 nitrogen and oxygen atoms in total. The molecule has 0 saturated heterocycles. The average molecular weight is 548 g/mol. The Balaban J connectivity index is 1.53. The number of benzene rings is 3. The second-order valence-corrected chi connectivity index (χ2v) is 10.3. The number of hydrogen-bond donors (Lipinski definition) is 0. The van der Waals surface area contributed by atoms with Crippen LogP contribution in [0.5, 0.6) is 0 Å². The summed E-state index contributed by atoms with van der Waals surface area (Å²) in [6, 6.07) is 19.3. The van der Waals surface area contributed by atoms with Crippen LogP contribution in [-0.2, 0) is 9.59 Å². The van der Waals surface area contributed by atoms with Crippen molar-refractivity contribution in [1.82, 2.24) is 0 Å². The van der Waals surface area contributed by atoms with E-state index >= 15 is 0 Å². The molecule has 190 valence electrons. The Kier molecular flexibility index (Phi) is 5.24. The summed E-state index contributed by atoms with van der Waals surface area (Å²) in [6.07, 6.45) is 0. The van der Waals surface area contributed by atoms with Gasteiger partial charge in [0.1, 0.15) is 10.8 Å². The molecule has 11 heteroatoms. The molecule has 0 bridgehead atoms. The zero-order valence-corrected chi connectivity index (χ0v) is 21.6. The maximum Gasteiger partial charge on any atom is 0.269 e. The molecule has 6 rings (SSSR count). The van der Waals surface area contributed by atoms with Gasteiger partial charge < -0.3 is 0 Å². The Morgan fingerprint density at radius 3 is 1.66 bits per heavy atom. The molecule has 2 heterocycles. The van der Waals surface area contributed by atoms with Crippen LogP contribution in [0.4, 0.5) is 17.1 Å². The highest BCUT2D eigenvalue weighted by Gasteiger charge is 2.91. The average Bonchev–Trinajstić information content (AvgIpc) is 3.39. The zero-order chi connectivity index (χ0) is 27.0. The normalized spacial score (nSPS) is 25.8. The molecule has 2 spiro atoms. The first-order valence-corrected chi connectivity index (χ1v) is 12.5. The molecule has 3 aromatic carbocycles. The van der Waals surface area contributed by atoms with Crippen molar-refractivity contribution in [1.29, 1.82) is 0 Å². The van der Waals surface area contributed by atoms with Crippen molar-refractivity contribution in [2.75, 3.05) is 10.0 Å². The third kappa shape index (κ3) is 3.00. The summed E-state index contributed by atoms with van der Waals surface area (Å²) in [5.74, 6) is -1.57. The van der Waals surface area contributed by atoms with E-state index in [0.29, 0.717) is 38.4 Å². The molecule has 0 radical (unpaired) electrons. The molecular weight excluding hydrogens is 529 g/mol. The van der Waals surface area contributed by atoms with E-state index < -0.39 is 33.5 Å². The lowest BCUT2D eigenvalue weighted by atomic mass is 9.85. The first kappa shape index (κ1) is 24.3. The van der Waals surface area contributed by atoms with E-state index in [1.54, 1.807) is 74.5 Å². The highest BCUT2D eigenvalue weighted by atomic mass is 35.5. The predicted molar refractivity (Wildman–Crippen MR) is 145 cm³/mol. The summed E-state index contributed by atoms with van der Waals surface area (Å²) in [7, 11) is 0. The van der Waals surface area contributed by atoms with Crippen molar-refractivity contribution in [2.45, 2.75) is 19.8 Å². The van der Waals surface area contributed by atoms with E-state index in [1.807, 2.05) is 0 Å². The molecule has 3 aliphatic rings. The second kappa shape index (κ2) is 8.21. The van der Waals surface area contributed by atoms with Crippen LogP contribution in [0.15, 0.2) is 83.0 Å². The number of nitro benzene ring substituents is 1. The highest BCUT2D eigenvalue weighted by Crippen LogP contribution is 2.79. The molecule has 1 aliphatic carbocycles. The van der Waals surface area contributed by atoms with Crippen molar-refractivity contribution >= 4 is 63.5 Å². The van der Waals surface area contributed by atoms with E-state index in [9.17, 15) is 19.7 Å². The molecule has 2 atom stereocenters. The molecule has 38 heavy (non-hydrogen) atoms. The van der Waals surface area contributed by atoms with Crippen LogP contribution in [0, 0.1) is 20.9 Å². The van der Waals surface area contributed by atoms with Gasteiger partial charge in [0, 0.05) is 28.1 Å². The van der Waals surface area contributed by atoms with Crippen LogP contribution >= 0.6 is 23.2 Å². The summed E-state index contributed by atoms with van der Waals surface area (Å²) in [5, 5.41) is 24.3. The summed E-state index contributed by atoms with van der Waals surface area (Å²) < 4.78 is 0. The maximum atomic E-state index is 14.3. The number of carbonyl (C=O) groups is 2. The third-order valence-electron chi connectivity index (χ3n) is 7.66.